The van der Waals surface area contributed by atoms with Crippen molar-refractivity contribution in [2.45, 2.75) is 0 Å². The van der Waals surface area contributed by atoms with E-state index in [0.29, 0.717) is 5.02 Å². The van der Waals surface area contributed by atoms with Crippen LogP contribution in [0.3, 0.4) is 0 Å². The molecule has 0 fully saturated rings. The van der Waals surface area contributed by atoms with Crippen molar-refractivity contribution in [3.63, 3.8) is 0 Å². The average Bonchev–Trinajstić information content (AvgIpc) is 3.15. The molecule has 0 bridgehead atoms. The van der Waals surface area contributed by atoms with Gasteiger partial charge in [-0.25, -0.2) is 0 Å². The van der Waals surface area contributed by atoms with E-state index >= 15 is 0 Å². The van der Waals surface area contributed by atoms with Gasteiger partial charge in [0.25, 0.3) is 0 Å². The Hall–Kier alpha value is -3.41. The van der Waals surface area contributed by atoms with Crippen molar-refractivity contribution < 1.29 is 0 Å². The van der Waals surface area contributed by atoms with Crippen molar-refractivity contribution in [2.24, 2.45) is 10.8 Å². The Bertz CT molecular complexity index is 1180. The highest BCUT2D eigenvalue weighted by Crippen LogP contribution is 2.35. The summed E-state index contributed by atoms with van der Waals surface area (Å²) in [5.41, 5.74) is 14.3. The molecule has 1 heterocycles. The molecule has 4 aromatic rings. The molecule has 30 heavy (non-hydrogen) atoms. The van der Waals surface area contributed by atoms with Crippen molar-refractivity contribution in [2.75, 3.05) is 0 Å². The first kappa shape index (κ1) is 19.9. The molecular weight excluding hydrogens is 412 g/mol. The molecule has 3 N–H and O–H groups in total. The summed E-state index contributed by atoms with van der Waals surface area (Å²) in [6.45, 7) is 0. The molecule has 0 amide bonds. The number of hydrogen-bond acceptors (Lipinski definition) is 2. The molecule has 148 valence electrons. The van der Waals surface area contributed by atoms with Crippen LogP contribution in [0.1, 0.15) is 5.56 Å². The lowest BCUT2D eigenvalue weighted by Gasteiger charge is -2.15. The zero-order valence-corrected chi connectivity index (χ0v) is 17.6. The largest absolute Gasteiger partial charge is 0.375 e. The van der Waals surface area contributed by atoms with Crippen LogP contribution < -0.4 is 11.2 Å². The Labute approximate surface area is 185 Å². The van der Waals surface area contributed by atoms with Gasteiger partial charge in [-0.3, -0.25) is 5.43 Å². The number of nitrogens with two attached hydrogens (primary N) is 1. The van der Waals surface area contributed by atoms with Crippen molar-refractivity contribution in [1.29, 1.82) is 0 Å². The Balaban J connectivity index is 2.00. The number of aromatic nitrogens is 1. The number of nitrogens with zero attached hydrogens (tertiary/aromatic N) is 2. The second kappa shape index (κ2) is 8.95. The molecule has 0 atom stereocenters. The Morgan fingerprint density at radius 2 is 1.50 bits per heavy atom. The Kier molecular flexibility index (Phi) is 5.93. The lowest BCUT2D eigenvalue weighted by Crippen LogP contribution is -2.24. The van der Waals surface area contributed by atoms with Crippen LogP contribution in [0.5, 0.6) is 0 Å². The van der Waals surface area contributed by atoms with E-state index in [-0.39, 0.29) is 5.11 Å². The molecule has 1 aromatic heterocycles. The monoisotopic (exact) mass is 430 g/mol. The summed E-state index contributed by atoms with van der Waals surface area (Å²) in [6, 6.07) is 30.3. The zero-order chi connectivity index (χ0) is 20.9. The van der Waals surface area contributed by atoms with E-state index in [1.54, 1.807) is 6.21 Å². The van der Waals surface area contributed by atoms with Crippen LogP contribution in [0.25, 0.3) is 28.2 Å². The minimum atomic E-state index is 0.118. The second-order valence-electron chi connectivity index (χ2n) is 6.61. The molecule has 4 nitrogen and oxygen atoms in total. The maximum atomic E-state index is 6.15. The first-order valence-electron chi connectivity index (χ1n) is 9.34. The molecule has 0 saturated carbocycles. The summed E-state index contributed by atoms with van der Waals surface area (Å²) >= 11 is 11.0. The van der Waals surface area contributed by atoms with Gasteiger partial charge >= 0.3 is 0 Å². The van der Waals surface area contributed by atoms with Crippen LogP contribution in [-0.4, -0.2) is 15.9 Å². The maximum Gasteiger partial charge on any atom is 0.184 e. The minimum absolute atomic E-state index is 0.118. The summed E-state index contributed by atoms with van der Waals surface area (Å²) in [6.07, 6.45) is 1.74. The standard InChI is InChI=1S/C24H19ClN4S/c25-20-11-13-21(14-12-20)29-22(17-7-3-1-4-8-17)15-19(16-27-28-24(26)30)23(29)18-9-5-2-6-10-18/h1-16H,(H3,26,28,30). The fourth-order valence-corrected chi connectivity index (χ4v) is 3.54. The zero-order valence-electron chi connectivity index (χ0n) is 16.0. The first-order chi connectivity index (χ1) is 14.6. The van der Waals surface area contributed by atoms with Crippen LogP contribution in [0, 0.1) is 0 Å². The van der Waals surface area contributed by atoms with E-state index in [2.05, 4.69) is 45.4 Å². The van der Waals surface area contributed by atoms with Crippen LogP contribution >= 0.6 is 23.8 Å². The van der Waals surface area contributed by atoms with E-state index in [1.807, 2.05) is 60.7 Å². The molecule has 6 heteroatoms. The number of nitrogens with one attached hydrogen (secondary N) is 1. The maximum absolute atomic E-state index is 6.15. The summed E-state index contributed by atoms with van der Waals surface area (Å²) in [5.74, 6) is 0. The molecule has 0 unspecified atom stereocenters. The quantitative estimate of drug-likeness (QED) is 0.245. The smallest absolute Gasteiger partial charge is 0.184 e. The minimum Gasteiger partial charge on any atom is -0.375 e. The third kappa shape index (κ3) is 4.27. The highest BCUT2D eigenvalue weighted by atomic mass is 35.5. The second-order valence-corrected chi connectivity index (χ2v) is 7.49. The molecule has 0 saturated heterocycles. The van der Waals surface area contributed by atoms with Gasteiger partial charge in [-0.15, -0.1) is 0 Å². The molecule has 0 spiro atoms. The number of benzene rings is 3. The van der Waals surface area contributed by atoms with Gasteiger partial charge in [-0.1, -0.05) is 72.3 Å². The van der Waals surface area contributed by atoms with E-state index in [4.69, 9.17) is 29.6 Å². The third-order valence-electron chi connectivity index (χ3n) is 4.61. The molecule has 0 aliphatic carbocycles. The van der Waals surface area contributed by atoms with E-state index in [1.165, 1.54) is 0 Å². The molecule has 0 aliphatic rings. The van der Waals surface area contributed by atoms with Gasteiger partial charge in [0.1, 0.15) is 0 Å². The average molecular weight is 431 g/mol. The number of hydrazone groups is 1. The number of halogens is 1. The van der Waals surface area contributed by atoms with Crippen molar-refractivity contribution in [3.05, 3.63) is 102 Å². The first-order valence-corrected chi connectivity index (χ1v) is 10.1. The SMILES string of the molecule is NC(=S)NN=Cc1cc(-c2ccccc2)n(-c2ccc(Cl)cc2)c1-c1ccccc1. The van der Waals surface area contributed by atoms with Crippen LogP contribution in [-0.2, 0) is 0 Å². The summed E-state index contributed by atoms with van der Waals surface area (Å²) in [5, 5.41) is 5.02. The van der Waals surface area contributed by atoms with E-state index in [9.17, 15) is 0 Å². The van der Waals surface area contributed by atoms with Gasteiger partial charge in [-0.05, 0) is 53.7 Å². The van der Waals surface area contributed by atoms with Gasteiger partial charge in [-0.2, -0.15) is 5.10 Å². The molecule has 3 aromatic carbocycles. The van der Waals surface area contributed by atoms with Crippen LogP contribution in [0.4, 0.5) is 0 Å². The van der Waals surface area contributed by atoms with Gasteiger partial charge in [0, 0.05) is 16.3 Å². The Morgan fingerprint density at radius 1 is 0.900 bits per heavy atom. The van der Waals surface area contributed by atoms with Gasteiger partial charge < -0.3 is 10.3 Å². The highest BCUT2D eigenvalue weighted by Gasteiger charge is 2.18. The van der Waals surface area contributed by atoms with E-state index < -0.39 is 0 Å². The topological polar surface area (TPSA) is 55.3 Å². The number of hydrogen-bond donors (Lipinski definition) is 2. The van der Waals surface area contributed by atoms with Crippen LogP contribution in [0.2, 0.25) is 5.02 Å². The fourth-order valence-electron chi connectivity index (χ4n) is 3.37. The molecule has 4 rings (SSSR count). The summed E-state index contributed by atoms with van der Waals surface area (Å²) in [4.78, 5) is 0. The fraction of sp³-hybridized carbons (Fsp3) is 0. The van der Waals surface area contributed by atoms with Crippen molar-refractivity contribution >= 4 is 35.1 Å². The van der Waals surface area contributed by atoms with Gasteiger partial charge in [0.2, 0.25) is 0 Å². The van der Waals surface area contributed by atoms with Crippen LogP contribution in [0.15, 0.2) is 96.1 Å². The molecule has 0 radical (unpaired) electrons. The Morgan fingerprint density at radius 3 is 2.10 bits per heavy atom. The predicted octanol–water partition coefficient (Wildman–Crippen LogP) is 5.63. The predicted molar refractivity (Wildman–Crippen MR) is 129 cm³/mol. The molecule has 0 aliphatic heterocycles. The summed E-state index contributed by atoms with van der Waals surface area (Å²) < 4.78 is 2.21. The van der Waals surface area contributed by atoms with Crippen molar-refractivity contribution in [1.82, 2.24) is 9.99 Å². The normalized spacial score (nSPS) is 11.0. The number of rotatable bonds is 5. The van der Waals surface area contributed by atoms with Gasteiger partial charge in [0.15, 0.2) is 5.11 Å². The van der Waals surface area contributed by atoms with E-state index in [0.717, 1.165) is 33.8 Å². The lowest BCUT2D eigenvalue weighted by atomic mass is 10.1. The number of thiocarbonyl (C=S) groups is 1. The summed E-state index contributed by atoms with van der Waals surface area (Å²) in [7, 11) is 0. The highest BCUT2D eigenvalue weighted by molar-refractivity contribution is 7.80. The molecular formula is C24H19ClN4S. The lowest BCUT2D eigenvalue weighted by molar-refractivity contribution is 1.04. The van der Waals surface area contributed by atoms with Gasteiger partial charge in [0.05, 0.1) is 17.6 Å². The third-order valence-corrected chi connectivity index (χ3v) is 4.95. The van der Waals surface area contributed by atoms with Crippen molar-refractivity contribution in [3.8, 4) is 28.2 Å².